The predicted molar refractivity (Wildman–Crippen MR) is 118 cm³/mol. The van der Waals surface area contributed by atoms with Gasteiger partial charge in [0.05, 0.1) is 0 Å². The summed E-state index contributed by atoms with van der Waals surface area (Å²) in [6.45, 7) is 12.8. The third kappa shape index (κ3) is 2.86. The van der Waals surface area contributed by atoms with Crippen molar-refractivity contribution < 1.29 is 9.59 Å². The van der Waals surface area contributed by atoms with Gasteiger partial charge in [-0.05, 0) is 56.0 Å². The Balaban J connectivity index is 2.26. The van der Waals surface area contributed by atoms with Crippen molar-refractivity contribution in [1.29, 1.82) is 0 Å². The summed E-state index contributed by atoms with van der Waals surface area (Å²) < 4.78 is 0. The topological polar surface area (TPSA) is 112 Å². The molecular formula is C24H26N4O2. The van der Waals surface area contributed by atoms with Gasteiger partial charge in [0.15, 0.2) is 11.4 Å². The maximum atomic E-state index is 12.2. The van der Waals surface area contributed by atoms with Gasteiger partial charge in [-0.3, -0.25) is 9.59 Å². The number of aromatic nitrogens is 2. The molecule has 3 aromatic rings. The molecule has 6 heteroatoms. The quantitative estimate of drug-likeness (QED) is 0.526. The van der Waals surface area contributed by atoms with Crippen molar-refractivity contribution in [2.75, 3.05) is 0 Å². The van der Waals surface area contributed by atoms with Crippen molar-refractivity contribution in [3.05, 3.63) is 46.8 Å². The SMILES string of the molecule is CC(C)(C)c1cc2c3c(cc(C(C)(C)C)cc3c1)-c1c(C(N)=O)nnc(C(N)=O)c1-2. The molecule has 1 aliphatic carbocycles. The number of primary amides is 2. The van der Waals surface area contributed by atoms with E-state index in [-0.39, 0.29) is 22.2 Å². The zero-order valence-electron chi connectivity index (χ0n) is 18.2. The molecule has 6 nitrogen and oxygen atoms in total. The third-order valence-electron chi connectivity index (χ3n) is 5.76. The number of carbonyl (C=O) groups excluding carboxylic acids is 2. The Morgan fingerprint density at radius 2 is 1.07 bits per heavy atom. The van der Waals surface area contributed by atoms with E-state index in [2.05, 4.69) is 76.0 Å². The molecule has 4 N–H and O–H groups in total. The third-order valence-corrected chi connectivity index (χ3v) is 5.76. The molecule has 1 aliphatic rings. The standard InChI is InChI=1S/C24H26N4O2/c1-23(2,3)12-7-11-8-13(24(4,5)6)10-15-16(11)14(9-12)17-18(15)20(22(26)30)28-27-19(17)21(25)29/h7-10H,1-6H3,(H2,25,29)(H2,26,30). The summed E-state index contributed by atoms with van der Waals surface area (Å²) in [6, 6.07) is 8.48. The van der Waals surface area contributed by atoms with Gasteiger partial charge in [0.1, 0.15) is 0 Å². The van der Waals surface area contributed by atoms with Gasteiger partial charge in [-0.2, -0.15) is 0 Å². The van der Waals surface area contributed by atoms with Crippen molar-refractivity contribution in [2.45, 2.75) is 52.4 Å². The Labute approximate surface area is 175 Å². The lowest BCUT2D eigenvalue weighted by Gasteiger charge is -2.23. The second-order valence-electron chi connectivity index (χ2n) is 10.0. The lowest BCUT2D eigenvalue weighted by molar-refractivity contribution is 0.0980. The van der Waals surface area contributed by atoms with Crippen LogP contribution in [0.4, 0.5) is 0 Å². The van der Waals surface area contributed by atoms with Crippen LogP contribution in [0.1, 0.15) is 73.6 Å². The molecule has 2 amide bonds. The largest absolute Gasteiger partial charge is 0.364 e. The molecule has 2 aromatic carbocycles. The minimum Gasteiger partial charge on any atom is -0.364 e. The van der Waals surface area contributed by atoms with Crippen LogP contribution in [0.3, 0.4) is 0 Å². The minimum absolute atomic E-state index is 0.0517. The Morgan fingerprint density at radius 3 is 1.37 bits per heavy atom. The van der Waals surface area contributed by atoms with E-state index in [0.29, 0.717) is 11.1 Å². The zero-order chi connectivity index (χ0) is 22.2. The van der Waals surface area contributed by atoms with Crippen molar-refractivity contribution in [3.8, 4) is 22.3 Å². The molecule has 1 aromatic heterocycles. The average molecular weight is 402 g/mol. The van der Waals surface area contributed by atoms with Gasteiger partial charge in [0.2, 0.25) is 0 Å². The molecule has 0 aliphatic heterocycles. The summed E-state index contributed by atoms with van der Waals surface area (Å²) in [5.41, 5.74) is 16.1. The highest BCUT2D eigenvalue weighted by Gasteiger charge is 2.34. The molecular weight excluding hydrogens is 376 g/mol. The van der Waals surface area contributed by atoms with Crippen LogP contribution in [0, 0.1) is 0 Å². The fraction of sp³-hybridized carbons (Fsp3) is 0.333. The first-order chi connectivity index (χ1) is 13.8. The van der Waals surface area contributed by atoms with Gasteiger partial charge < -0.3 is 11.5 Å². The number of fused-ring (bicyclic) bond motifs is 3. The number of amides is 2. The lowest BCUT2D eigenvalue weighted by atomic mass is 9.81. The summed E-state index contributed by atoms with van der Waals surface area (Å²) in [4.78, 5) is 24.4. The molecule has 0 saturated carbocycles. The summed E-state index contributed by atoms with van der Waals surface area (Å²) >= 11 is 0. The molecule has 0 fully saturated rings. The number of carbonyl (C=O) groups is 2. The fourth-order valence-corrected chi connectivity index (χ4v) is 4.08. The normalized spacial score (nSPS) is 12.9. The molecule has 0 unspecified atom stereocenters. The molecule has 0 spiro atoms. The van der Waals surface area contributed by atoms with Crippen LogP contribution in [0.15, 0.2) is 24.3 Å². The number of hydrogen-bond acceptors (Lipinski definition) is 4. The second kappa shape index (κ2) is 6.11. The molecule has 0 bridgehead atoms. The van der Waals surface area contributed by atoms with E-state index in [9.17, 15) is 9.59 Å². The lowest BCUT2D eigenvalue weighted by Crippen LogP contribution is -2.21. The molecule has 0 atom stereocenters. The summed E-state index contributed by atoms with van der Waals surface area (Å²) in [7, 11) is 0. The molecule has 1 heterocycles. The van der Waals surface area contributed by atoms with Gasteiger partial charge >= 0.3 is 0 Å². The van der Waals surface area contributed by atoms with E-state index in [1.165, 1.54) is 0 Å². The molecule has 154 valence electrons. The summed E-state index contributed by atoms with van der Waals surface area (Å²) in [6.07, 6.45) is 0. The number of hydrogen-bond donors (Lipinski definition) is 2. The Morgan fingerprint density at radius 1 is 0.700 bits per heavy atom. The van der Waals surface area contributed by atoms with E-state index in [1.807, 2.05) is 0 Å². The Kier molecular flexibility index (Phi) is 4.08. The number of rotatable bonds is 2. The van der Waals surface area contributed by atoms with E-state index >= 15 is 0 Å². The van der Waals surface area contributed by atoms with Crippen LogP contribution in [0.25, 0.3) is 33.0 Å². The van der Waals surface area contributed by atoms with Crippen molar-refractivity contribution >= 4 is 22.6 Å². The van der Waals surface area contributed by atoms with Crippen LogP contribution in [-0.2, 0) is 10.8 Å². The van der Waals surface area contributed by atoms with Gasteiger partial charge in [-0.1, -0.05) is 53.7 Å². The van der Waals surface area contributed by atoms with Gasteiger partial charge in [0, 0.05) is 11.1 Å². The molecule has 0 radical (unpaired) electrons. The van der Waals surface area contributed by atoms with Gasteiger partial charge in [0.25, 0.3) is 11.8 Å². The Hall–Kier alpha value is -3.28. The smallest absolute Gasteiger partial charge is 0.269 e. The maximum absolute atomic E-state index is 12.2. The van der Waals surface area contributed by atoms with Crippen molar-refractivity contribution in [2.24, 2.45) is 11.5 Å². The van der Waals surface area contributed by atoms with Crippen LogP contribution < -0.4 is 11.5 Å². The molecule has 4 rings (SSSR count). The zero-order valence-corrected chi connectivity index (χ0v) is 18.2. The first kappa shape index (κ1) is 20.0. The average Bonchev–Trinajstić information content (AvgIpc) is 2.95. The van der Waals surface area contributed by atoms with Gasteiger partial charge in [-0.25, -0.2) is 0 Å². The Bertz CT molecular complexity index is 1170. The minimum atomic E-state index is -0.687. The van der Waals surface area contributed by atoms with E-state index in [0.717, 1.165) is 33.0 Å². The second-order valence-corrected chi connectivity index (χ2v) is 10.0. The molecule has 0 saturated heterocycles. The van der Waals surface area contributed by atoms with Gasteiger partial charge in [-0.15, -0.1) is 10.2 Å². The maximum Gasteiger partial charge on any atom is 0.269 e. The predicted octanol–water partition coefficient (Wildman–Crippen LogP) is 4.07. The highest BCUT2D eigenvalue weighted by atomic mass is 16.1. The van der Waals surface area contributed by atoms with E-state index in [1.54, 1.807) is 0 Å². The number of nitrogens with two attached hydrogens (primary N) is 2. The van der Waals surface area contributed by atoms with E-state index in [4.69, 9.17) is 11.5 Å². The first-order valence-corrected chi connectivity index (χ1v) is 9.94. The monoisotopic (exact) mass is 402 g/mol. The van der Waals surface area contributed by atoms with Crippen molar-refractivity contribution in [3.63, 3.8) is 0 Å². The highest BCUT2D eigenvalue weighted by Crippen LogP contribution is 2.51. The summed E-state index contributed by atoms with van der Waals surface area (Å²) in [5.74, 6) is -1.37. The van der Waals surface area contributed by atoms with Crippen LogP contribution in [-0.4, -0.2) is 22.0 Å². The first-order valence-electron chi connectivity index (χ1n) is 9.94. The summed E-state index contributed by atoms with van der Waals surface area (Å²) in [5, 5.41) is 9.96. The molecule has 30 heavy (non-hydrogen) atoms. The van der Waals surface area contributed by atoms with Crippen LogP contribution >= 0.6 is 0 Å². The fourth-order valence-electron chi connectivity index (χ4n) is 4.08. The number of benzene rings is 2. The van der Waals surface area contributed by atoms with Crippen LogP contribution in [0.2, 0.25) is 0 Å². The van der Waals surface area contributed by atoms with E-state index < -0.39 is 11.8 Å². The number of nitrogens with zero attached hydrogens (tertiary/aromatic N) is 2. The van der Waals surface area contributed by atoms with Crippen molar-refractivity contribution in [1.82, 2.24) is 10.2 Å². The van der Waals surface area contributed by atoms with Crippen LogP contribution in [0.5, 0.6) is 0 Å². The highest BCUT2D eigenvalue weighted by molar-refractivity contribution is 6.22.